The lowest BCUT2D eigenvalue weighted by Crippen LogP contribution is -2.32. The van der Waals surface area contributed by atoms with Crippen LogP contribution < -0.4 is 5.32 Å². The van der Waals surface area contributed by atoms with E-state index in [4.69, 9.17) is 4.52 Å². The van der Waals surface area contributed by atoms with Gasteiger partial charge in [0, 0.05) is 13.0 Å². The van der Waals surface area contributed by atoms with Gasteiger partial charge in [-0.25, -0.2) is 0 Å². The molecule has 0 spiro atoms. The van der Waals surface area contributed by atoms with Gasteiger partial charge in [-0.1, -0.05) is 5.16 Å². The van der Waals surface area contributed by atoms with E-state index in [1.807, 2.05) is 0 Å². The molecule has 3 rings (SSSR count). The van der Waals surface area contributed by atoms with Gasteiger partial charge >= 0.3 is 6.18 Å². The first-order chi connectivity index (χ1) is 11.3. The van der Waals surface area contributed by atoms with Gasteiger partial charge in [-0.2, -0.15) is 13.2 Å². The molecule has 1 unspecified atom stereocenters. The highest BCUT2D eigenvalue weighted by Crippen LogP contribution is 2.34. The molecule has 2 aromatic heterocycles. The van der Waals surface area contributed by atoms with Crippen LogP contribution in [0, 0.1) is 19.8 Å². The van der Waals surface area contributed by atoms with Crippen LogP contribution in [0.25, 0.3) is 0 Å². The Balaban J connectivity index is 1.68. The summed E-state index contributed by atoms with van der Waals surface area (Å²) in [4.78, 5) is 12.2. The highest BCUT2D eigenvalue weighted by Gasteiger charge is 2.42. The molecular formula is C14H16F3N5O2. The van der Waals surface area contributed by atoms with Gasteiger partial charge in [0.2, 0.25) is 0 Å². The van der Waals surface area contributed by atoms with E-state index in [0.29, 0.717) is 28.7 Å². The number of rotatable bonds is 3. The second-order valence-electron chi connectivity index (χ2n) is 5.80. The molecule has 1 atom stereocenters. The normalized spacial score (nSPS) is 17.6. The fourth-order valence-corrected chi connectivity index (χ4v) is 2.85. The number of carbonyl (C=O) groups excluding carboxylic acids is 1. The van der Waals surface area contributed by atoms with Crippen molar-refractivity contribution in [3.63, 3.8) is 0 Å². The number of nitrogens with zero attached hydrogens (tertiary/aromatic N) is 4. The van der Waals surface area contributed by atoms with Crippen molar-refractivity contribution in [3.05, 3.63) is 28.7 Å². The number of carbonyl (C=O) groups is 1. The zero-order chi connectivity index (χ0) is 17.5. The zero-order valence-electron chi connectivity index (χ0n) is 13.1. The molecule has 0 saturated heterocycles. The van der Waals surface area contributed by atoms with Crippen molar-refractivity contribution in [2.24, 2.45) is 5.92 Å². The largest absolute Gasteiger partial charge is 0.392 e. The van der Waals surface area contributed by atoms with E-state index >= 15 is 0 Å². The van der Waals surface area contributed by atoms with Gasteiger partial charge in [0.05, 0.1) is 18.2 Å². The number of halogens is 3. The number of aryl methyl sites for hydroxylation is 2. The van der Waals surface area contributed by atoms with Gasteiger partial charge in [-0.15, -0.1) is 10.2 Å². The van der Waals surface area contributed by atoms with Gasteiger partial charge in [-0.05, 0) is 20.3 Å². The smallest absolute Gasteiger partial charge is 0.361 e. The van der Waals surface area contributed by atoms with Gasteiger partial charge in [0.25, 0.3) is 5.91 Å². The van der Waals surface area contributed by atoms with Crippen molar-refractivity contribution in [3.8, 4) is 0 Å². The van der Waals surface area contributed by atoms with E-state index in [2.05, 4.69) is 20.7 Å². The average molecular weight is 343 g/mol. The van der Waals surface area contributed by atoms with Crippen LogP contribution in [-0.2, 0) is 19.5 Å². The molecule has 0 radical (unpaired) electrons. The summed E-state index contributed by atoms with van der Waals surface area (Å²) in [6.45, 7) is 3.54. The summed E-state index contributed by atoms with van der Waals surface area (Å²) in [5.74, 6) is -0.622. The molecule has 0 saturated carbocycles. The van der Waals surface area contributed by atoms with E-state index in [0.717, 1.165) is 0 Å². The molecule has 2 aromatic rings. The summed E-state index contributed by atoms with van der Waals surface area (Å²) in [5, 5.41) is 14.1. The van der Waals surface area contributed by atoms with Crippen LogP contribution in [0.5, 0.6) is 0 Å². The second kappa shape index (κ2) is 5.91. The highest BCUT2D eigenvalue weighted by atomic mass is 19.4. The van der Waals surface area contributed by atoms with Crippen LogP contribution >= 0.6 is 0 Å². The summed E-state index contributed by atoms with van der Waals surface area (Å²) in [6.07, 6.45) is -4.43. The third kappa shape index (κ3) is 3.00. The highest BCUT2D eigenvalue weighted by molar-refractivity contribution is 5.95. The van der Waals surface area contributed by atoms with E-state index in [1.165, 1.54) is 0 Å². The van der Waals surface area contributed by atoms with Crippen molar-refractivity contribution in [1.82, 2.24) is 25.2 Å². The molecule has 1 aliphatic heterocycles. The lowest BCUT2D eigenvalue weighted by Gasteiger charge is -2.25. The predicted molar refractivity (Wildman–Crippen MR) is 75.0 cm³/mol. The Morgan fingerprint density at radius 1 is 1.38 bits per heavy atom. The molecule has 1 N–H and O–H groups in total. The van der Waals surface area contributed by atoms with Crippen LogP contribution in [0.15, 0.2) is 4.52 Å². The number of amides is 1. The fourth-order valence-electron chi connectivity index (χ4n) is 2.85. The molecule has 130 valence electrons. The molecule has 0 bridgehead atoms. The average Bonchev–Trinajstić information content (AvgIpc) is 3.07. The molecule has 1 amide bonds. The third-order valence-electron chi connectivity index (χ3n) is 4.16. The van der Waals surface area contributed by atoms with Crippen LogP contribution in [-0.4, -0.2) is 32.0 Å². The maximum Gasteiger partial charge on any atom is 0.392 e. The van der Waals surface area contributed by atoms with E-state index in [9.17, 15) is 18.0 Å². The van der Waals surface area contributed by atoms with Gasteiger partial charge in [0.1, 0.15) is 17.1 Å². The van der Waals surface area contributed by atoms with Crippen LogP contribution in [0.2, 0.25) is 0 Å². The van der Waals surface area contributed by atoms with Crippen LogP contribution in [0.3, 0.4) is 0 Å². The SMILES string of the molecule is Cc1noc(C)c1C(=O)NCc1nnc2n1CCC(C(F)(F)F)C2. The zero-order valence-corrected chi connectivity index (χ0v) is 13.1. The minimum atomic E-state index is -4.23. The summed E-state index contributed by atoms with van der Waals surface area (Å²) in [7, 11) is 0. The van der Waals surface area contributed by atoms with Crippen molar-refractivity contribution in [2.75, 3.05) is 0 Å². The minimum Gasteiger partial charge on any atom is -0.361 e. The molecule has 7 nitrogen and oxygen atoms in total. The van der Waals surface area contributed by atoms with E-state index in [1.54, 1.807) is 18.4 Å². The molecule has 0 aliphatic carbocycles. The fraction of sp³-hybridized carbons (Fsp3) is 0.571. The van der Waals surface area contributed by atoms with Crippen LogP contribution in [0.1, 0.15) is 39.9 Å². The van der Waals surface area contributed by atoms with Crippen molar-refractivity contribution < 1.29 is 22.5 Å². The molecule has 24 heavy (non-hydrogen) atoms. The monoisotopic (exact) mass is 343 g/mol. The number of aromatic nitrogens is 4. The summed E-state index contributed by atoms with van der Waals surface area (Å²) < 4.78 is 45.0. The summed E-state index contributed by atoms with van der Waals surface area (Å²) in [5.41, 5.74) is 0.826. The van der Waals surface area contributed by atoms with Gasteiger partial charge in [0.15, 0.2) is 5.82 Å². The topological polar surface area (TPSA) is 85.8 Å². The molecular weight excluding hydrogens is 327 g/mol. The first kappa shape index (κ1) is 16.5. The number of alkyl halides is 3. The Kier molecular flexibility index (Phi) is 4.06. The van der Waals surface area contributed by atoms with E-state index < -0.39 is 12.1 Å². The molecule has 10 heteroatoms. The predicted octanol–water partition coefficient (Wildman–Crippen LogP) is 1.94. The van der Waals surface area contributed by atoms with Crippen LogP contribution in [0.4, 0.5) is 13.2 Å². The number of nitrogens with one attached hydrogen (secondary N) is 1. The van der Waals surface area contributed by atoms with Gasteiger partial charge in [-0.3, -0.25) is 4.79 Å². The number of hydrogen-bond acceptors (Lipinski definition) is 5. The Morgan fingerprint density at radius 2 is 2.12 bits per heavy atom. The lowest BCUT2D eigenvalue weighted by atomic mass is 9.97. The van der Waals surface area contributed by atoms with Gasteiger partial charge < -0.3 is 14.4 Å². The lowest BCUT2D eigenvalue weighted by molar-refractivity contribution is -0.179. The van der Waals surface area contributed by atoms with Crippen molar-refractivity contribution in [2.45, 2.75) is 46.0 Å². The van der Waals surface area contributed by atoms with Crippen molar-refractivity contribution >= 4 is 5.91 Å². The van der Waals surface area contributed by atoms with E-state index in [-0.39, 0.29) is 31.8 Å². The second-order valence-corrected chi connectivity index (χ2v) is 5.80. The maximum atomic E-state index is 12.8. The molecule has 0 aromatic carbocycles. The summed E-state index contributed by atoms with van der Waals surface area (Å²) >= 11 is 0. The Bertz CT molecular complexity index is 746. The molecule has 3 heterocycles. The number of fused-ring (bicyclic) bond motifs is 1. The first-order valence-electron chi connectivity index (χ1n) is 7.46. The standard InChI is InChI=1S/C14H16F3N5O2/c1-7-12(8(2)24-21-7)13(23)18-6-11-20-19-10-5-9(14(15,16)17)3-4-22(10)11/h9H,3-6H2,1-2H3,(H,18,23). The maximum absolute atomic E-state index is 12.8. The Labute approximate surface area is 135 Å². The first-order valence-corrected chi connectivity index (χ1v) is 7.46. The molecule has 1 aliphatic rings. The van der Waals surface area contributed by atoms with Crippen molar-refractivity contribution in [1.29, 1.82) is 0 Å². The minimum absolute atomic E-state index is 0.0145. The quantitative estimate of drug-likeness (QED) is 0.920. The summed E-state index contributed by atoms with van der Waals surface area (Å²) in [6, 6.07) is 0. The Morgan fingerprint density at radius 3 is 2.75 bits per heavy atom. The third-order valence-corrected chi connectivity index (χ3v) is 4.16. The Hall–Kier alpha value is -2.39. The number of hydrogen-bond donors (Lipinski definition) is 1. The molecule has 0 fully saturated rings.